The first-order valence-corrected chi connectivity index (χ1v) is 8.59. The summed E-state index contributed by atoms with van der Waals surface area (Å²) in [4.78, 5) is 0. The van der Waals surface area contributed by atoms with E-state index in [1.165, 1.54) is 50.6 Å². The molecule has 2 heteroatoms. The second-order valence-corrected chi connectivity index (χ2v) is 6.87. The summed E-state index contributed by atoms with van der Waals surface area (Å²) in [6, 6.07) is 3.05. The molecule has 0 spiro atoms. The van der Waals surface area contributed by atoms with Crippen LogP contribution in [0.3, 0.4) is 0 Å². The van der Waals surface area contributed by atoms with Crippen molar-refractivity contribution < 1.29 is 0 Å². The molecule has 1 aromatic rings. The molecule has 0 saturated heterocycles. The Labute approximate surface area is 115 Å². The highest BCUT2D eigenvalue weighted by molar-refractivity contribution is 7.07. The van der Waals surface area contributed by atoms with Gasteiger partial charge < -0.3 is 5.32 Å². The van der Waals surface area contributed by atoms with E-state index in [9.17, 15) is 0 Å². The molecular formula is C16H25NS. The monoisotopic (exact) mass is 263 g/mol. The number of fused-ring (bicyclic) bond motifs is 1. The van der Waals surface area contributed by atoms with E-state index >= 15 is 0 Å². The topological polar surface area (TPSA) is 12.0 Å². The highest BCUT2D eigenvalue weighted by atomic mass is 32.1. The van der Waals surface area contributed by atoms with Crippen molar-refractivity contribution in [1.29, 1.82) is 0 Å². The molecule has 0 amide bonds. The van der Waals surface area contributed by atoms with Gasteiger partial charge in [0.15, 0.2) is 0 Å². The molecule has 1 N–H and O–H groups in total. The normalized spacial score (nSPS) is 31.9. The average Bonchev–Trinajstić information content (AvgIpc) is 2.90. The van der Waals surface area contributed by atoms with E-state index in [1.807, 2.05) is 11.3 Å². The largest absolute Gasteiger partial charge is 0.313 e. The van der Waals surface area contributed by atoms with Crippen molar-refractivity contribution in [1.82, 2.24) is 5.32 Å². The van der Waals surface area contributed by atoms with Crippen molar-refractivity contribution in [3.8, 4) is 0 Å². The van der Waals surface area contributed by atoms with Gasteiger partial charge in [0, 0.05) is 6.04 Å². The summed E-state index contributed by atoms with van der Waals surface area (Å²) in [6.07, 6.45) is 8.48. The van der Waals surface area contributed by atoms with E-state index in [-0.39, 0.29) is 0 Å². The molecule has 0 aliphatic heterocycles. The first-order valence-electron chi connectivity index (χ1n) is 7.64. The summed E-state index contributed by atoms with van der Waals surface area (Å²) in [5, 5.41) is 8.37. The van der Waals surface area contributed by atoms with Gasteiger partial charge in [-0.1, -0.05) is 19.8 Å². The third-order valence-corrected chi connectivity index (χ3v) is 5.61. The third kappa shape index (κ3) is 2.65. The molecule has 3 rings (SSSR count). The summed E-state index contributed by atoms with van der Waals surface area (Å²) in [6.45, 7) is 3.46. The van der Waals surface area contributed by atoms with Gasteiger partial charge in [-0.15, -0.1) is 0 Å². The van der Waals surface area contributed by atoms with E-state index in [1.54, 1.807) is 0 Å². The minimum atomic E-state index is 0.743. The van der Waals surface area contributed by atoms with Gasteiger partial charge in [0.1, 0.15) is 0 Å². The van der Waals surface area contributed by atoms with E-state index in [4.69, 9.17) is 0 Å². The minimum Gasteiger partial charge on any atom is -0.313 e. The maximum absolute atomic E-state index is 3.83. The Hall–Kier alpha value is -0.340. The molecule has 0 aromatic carbocycles. The van der Waals surface area contributed by atoms with Crippen LogP contribution in [0.1, 0.15) is 44.6 Å². The van der Waals surface area contributed by atoms with Crippen LogP contribution in [-0.4, -0.2) is 12.6 Å². The van der Waals surface area contributed by atoms with Crippen LogP contribution >= 0.6 is 11.3 Å². The van der Waals surface area contributed by atoms with Crippen LogP contribution in [0, 0.1) is 17.8 Å². The lowest BCUT2D eigenvalue weighted by Crippen LogP contribution is -2.34. The van der Waals surface area contributed by atoms with Crippen molar-refractivity contribution in [3.63, 3.8) is 0 Å². The van der Waals surface area contributed by atoms with Gasteiger partial charge in [-0.05, 0) is 72.4 Å². The molecular weight excluding hydrogens is 238 g/mol. The Balaban J connectivity index is 1.62. The lowest BCUT2D eigenvalue weighted by molar-refractivity contribution is 0.428. The van der Waals surface area contributed by atoms with Gasteiger partial charge in [0.05, 0.1) is 0 Å². The second-order valence-electron chi connectivity index (χ2n) is 6.09. The first kappa shape index (κ1) is 12.7. The molecule has 1 nitrogen and oxygen atoms in total. The number of rotatable bonds is 6. The highest BCUT2D eigenvalue weighted by Crippen LogP contribution is 2.57. The van der Waals surface area contributed by atoms with Crippen LogP contribution in [0.5, 0.6) is 0 Å². The molecule has 100 valence electrons. The molecule has 1 heterocycles. The van der Waals surface area contributed by atoms with E-state index in [0.29, 0.717) is 0 Å². The summed E-state index contributed by atoms with van der Waals surface area (Å²) in [7, 11) is 0. The van der Waals surface area contributed by atoms with Crippen molar-refractivity contribution in [2.45, 2.75) is 51.5 Å². The lowest BCUT2D eigenvalue weighted by atomic mass is 10.0. The second kappa shape index (κ2) is 5.75. The van der Waals surface area contributed by atoms with Crippen molar-refractivity contribution in [2.75, 3.05) is 6.54 Å². The fraction of sp³-hybridized carbons (Fsp3) is 0.750. The Morgan fingerprint density at radius 1 is 1.33 bits per heavy atom. The maximum atomic E-state index is 3.83. The fourth-order valence-corrected chi connectivity index (χ4v) is 4.66. The summed E-state index contributed by atoms with van der Waals surface area (Å²) in [5.74, 6) is 3.11. The van der Waals surface area contributed by atoms with E-state index in [0.717, 1.165) is 23.8 Å². The Kier molecular flexibility index (Phi) is 4.05. The molecule has 2 fully saturated rings. The molecule has 2 aliphatic carbocycles. The molecule has 2 aliphatic rings. The predicted octanol–water partition coefficient (Wildman–Crippen LogP) is 4.10. The quantitative estimate of drug-likeness (QED) is 0.815. The number of thiophene rings is 1. The molecule has 3 unspecified atom stereocenters. The molecule has 0 bridgehead atoms. The molecule has 3 atom stereocenters. The third-order valence-electron chi connectivity index (χ3n) is 4.88. The van der Waals surface area contributed by atoms with E-state index < -0.39 is 0 Å². The van der Waals surface area contributed by atoms with Crippen LogP contribution in [-0.2, 0) is 6.42 Å². The van der Waals surface area contributed by atoms with Gasteiger partial charge in [-0.2, -0.15) is 11.3 Å². The van der Waals surface area contributed by atoms with Crippen LogP contribution in [0.15, 0.2) is 16.8 Å². The van der Waals surface area contributed by atoms with Crippen LogP contribution in [0.25, 0.3) is 0 Å². The number of nitrogens with one attached hydrogen (secondary N) is 1. The van der Waals surface area contributed by atoms with Gasteiger partial charge in [0.25, 0.3) is 0 Å². The fourth-order valence-electron chi connectivity index (χ4n) is 3.98. The lowest BCUT2D eigenvalue weighted by Gasteiger charge is -2.18. The Morgan fingerprint density at radius 3 is 2.72 bits per heavy atom. The predicted molar refractivity (Wildman–Crippen MR) is 79.0 cm³/mol. The smallest absolute Gasteiger partial charge is 0.0141 e. The van der Waals surface area contributed by atoms with Gasteiger partial charge >= 0.3 is 0 Å². The number of hydrogen-bond acceptors (Lipinski definition) is 2. The molecule has 1 aromatic heterocycles. The number of hydrogen-bond donors (Lipinski definition) is 1. The van der Waals surface area contributed by atoms with Crippen LogP contribution in [0.2, 0.25) is 0 Å². The maximum Gasteiger partial charge on any atom is 0.0141 e. The van der Waals surface area contributed by atoms with E-state index in [2.05, 4.69) is 29.1 Å². The molecule has 18 heavy (non-hydrogen) atoms. The van der Waals surface area contributed by atoms with Crippen molar-refractivity contribution in [2.24, 2.45) is 17.8 Å². The van der Waals surface area contributed by atoms with Crippen LogP contribution in [0.4, 0.5) is 0 Å². The SMILES string of the molecule is CCCNC(Cc1ccsc1)C1C2CCCCC21. The Morgan fingerprint density at radius 2 is 2.11 bits per heavy atom. The summed E-state index contributed by atoms with van der Waals surface area (Å²) in [5.41, 5.74) is 1.54. The standard InChI is InChI=1S/C16H25NS/c1-2-8-17-15(10-12-7-9-18-11-12)16-13-5-3-4-6-14(13)16/h7,9,11,13-17H,2-6,8,10H2,1H3. The van der Waals surface area contributed by atoms with Gasteiger partial charge in [-0.25, -0.2) is 0 Å². The zero-order chi connectivity index (χ0) is 12.4. The molecule has 2 saturated carbocycles. The van der Waals surface area contributed by atoms with Crippen LogP contribution < -0.4 is 5.32 Å². The molecule has 0 radical (unpaired) electrons. The summed E-state index contributed by atoms with van der Waals surface area (Å²) >= 11 is 1.84. The first-order chi connectivity index (χ1) is 8.90. The van der Waals surface area contributed by atoms with Crippen molar-refractivity contribution in [3.05, 3.63) is 22.4 Å². The van der Waals surface area contributed by atoms with Crippen molar-refractivity contribution >= 4 is 11.3 Å². The zero-order valence-electron chi connectivity index (χ0n) is 11.4. The zero-order valence-corrected chi connectivity index (χ0v) is 12.2. The summed E-state index contributed by atoms with van der Waals surface area (Å²) < 4.78 is 0. The Bertz CT molecular complexity index is 347. The van der Waals surface area contributed by atoms with Gasteiger partial charge in [-0.3, -0.25) is 0 Å². The van der Waals surface area contributed by atoms with Gasteiger partial charge in [0.2, 0.25) is 0 Å². The highest BCUT2D eigenvalue weighted by Gasteiger charge is 2.53. The minimum absolute atomic E-state index is 0.743. The average molecular weight is 263 g/mol.